The summed E-state index contributed by atoms with van der Waals surface area (Å²) in [5.74, 6) is -2.96. The van der Waals surface area contributed by atoms with Crippen LogP contribution in [0, 0.1) is 5.92 Å². The Morgan fingerprint density at radius 2 is 1.80 bits per heavy atom. The molecule has 2 aromatic carbocycles. The zero-order valence-corrected chi connectivity index (χ0v) is 20.4. The summed E-state index contributed by atoms with van der Waals surface area (Å²) in [4.78, 5) is 38.4. The number of ketones is 2. The number of ether oxygens (including phenoxy) is 1. The zero-order chi connectivity index (χ0) is 25.4. The molecule has 1 aliphatic carbocycles. The van der Waals surface area contributed by atoms with E-state index in [0.717, 1.165) is 12.8 Å². The van der Waals surface area contributed by atoms with Crippen molar-refractivity contribution in [3.8, 4) is 5.75 Å². The molecule has 35 heavy (non-hydrogen) atoms. The lowest BCUT2D eigenvalue weighted by molar-refractivity contribution is -0.126. The van der Waals surface area contributed by atoms with Crippen molar-refractivity contribution < 1.29 is 27.5 Å². The van der Waals surface area contributed by atoms with Gasteiger partial charge < -0.3 is 15.8 Å². The highest BCUT2D eigenvalue weighted by atomic mass is 32.2. The lowest BCUT2D eigenvalue weighted by Crippen LogP contribution is -2.52. The number of carbonyl (C=O) groups excluding carboxylic acids is 3. The summed E-state index contributed by atoms with van der Waals surface area (Å²) in [6.07, 6.45) is 2.52. The van der Waals surface area contributed by atoms with Crippen LogP contribution in [0.2, 0.25) is 0 Å². The molecule has 4 rings (SSSR count). The third kappa shape index (κ3) is 4.22. The first kappa shape index (κ1) is 24.6. The largest absolute Gasteiger partial charge is 0.484 e. The van der Waals surface area contributed by atoms with Crippen molar-refractivity contribution in [2.24, 2.45) is 16.0 Å². The Labute approximate surface area is 203 Å². The number of anilines is 1. The molecule has 1 amide bonds. The minimum Gasteiger partial charge on any atom is -0.484 e. The molecule has 2 aromatic rings. The molecule has 2 aliphatic rings. The van der Waals surface area contributed by atoms with Gasteiger partial charge in [0.25, 0.3) is 15.9 Å². The van der Waals surface area contributed by atoms with Gasteiger partial charge in [0, 0.05) is 11.6 Å². The summed E-state index contributed by atoms with van der Waals surface area (Å²) >= 11 is 0. The van der Waals surface area contributed by atoms with E-state index < -0.39 is 39.7 Å². The minimum absolute atomic E-state index is 0.121. The van der Waals surface area contributed by atoms with E-state index in [1.165, 1.54) is 18.2 Å². The molecule has 0 radical (unpaired) electrons. The second-order valence-corrected chi connectivity index (χ2v) is 10.4. The number of fused-ring (bicyclic) bond motifs is 2. The quantitative estimate of drug-likeness (QED) is 0.533. The second-order valence-electron chi connectivity index (χ2n) is 8.78. The predicted molar refractivity (Wildman–Crippen MR) is 130 cm³/mol. The average Bonchev–Trinajstić information content (AvgIpc) is 2.81. The lowest BCUT2D eigenvalue weighted by Gasteiger charge is -2.41. The molecule has 1 unspecified atom stereocenters. The SMILES string of the molecule is CCCC1(CCC)C(=O)C(C2=NS(=O)(=O)c3cc(OCC(N)=O)ccc3N2)C(=O)c2ccccc21. The molecule has 1 aliphatic heterocycles. The molecule has 0 fully saturated rings. The molecule has 9 nitrogen and oxygen atoms in total. The van der Waals surface area contributed by atoms with Crippen molar-refractivity contribution in [3.63, 3.8) is 0 Å². The van der Waals surface area contributed by atoms with E-state index in [1.54, 1.807) is 12.1 Å². The van der Waals surface area contributed by atoms with E-state index in [0.29, 0.717) is 24.0 Å². The topological polar surface area (TPSA) is 145 Å². The summed E-state index contributed by atoms with van der Waals surface area (Å²) in [6, 6.07) is 11.2. The summed E-state index contributed by atoms with van der Waals surface area (Å²) in [7, 11) is -4.26. The normalized spacial score (nSPS) is 19.7. The lowest BCUT2D eigenvalue weighted by atomic mass is 9.60. The van der Waals surface area contributed by atoms with Crippen molar-refractivity contribution in [3.05, 3.63) is 53.6 Å². The van der Waals surface area contributed by atoms with Gasteiger partial charge in [-0.2, -0.15) is 8.42 Å². The molecular weight excluding hydrogens is 470 g/mol. The Bertz CT molecular complexity index is 1340. The number of primary amides is 1. The van der Waals surface area contributed by atoms with Crippen LogP contribution in [0.5, 0.6) is 5.75 Å². The van der Waals surface area contributed by atoms with Crippen molar-refractivity contribution in [1.29, 1.82) is 0 Å². The Kier molecular flexibility index (Phi) is 6.50. The molecule has 10 heteroatoms. The molecule has 0 bridgehead atoms. The van der Waals surface area contributed by atoms with Gasteiger partial charge in [0.2, 0.25) is 0 Å². The fourth-order valence-electron chi connectivity index (χ4n) is 5.07. The summed E-state index contributed by atoms with van der Waals surface area (Å²) in [6.45, 7) is 3.55. The Morgan fingerprint density at radius 1 is 1.11 bits per heavy atom. The van der Waals surface area contributed by atoms with E-state index in [2.05, 4.69) is 9.71 Å². The van der Waals surface area contributed by atoms with Gasteiger partial charge >= 0.3 is 0 Å². The van der Waals surface area contributed by atoms with Crippen LogP contribution in [0.3, 0.4) is 0 Å². The molecule has 0 saturated carbocycles. The molecule has 0 saturated heterocycles. The molecular formula is C25H27N3O6S. The van der Waals surface area contributed by atoms with Gasteiger partial charge in [-0.1, -0.05) is 51.0 Å². The van der Waals surface area contributed by atoms with Crippen molar-refractivity contribution >= 4 is 39.0 Å². The first-order valence-corrected chi connectivity index (χ1v) is 12.9. The first-order valence-electron chi connectivity index (χ1n) is 11.5. The van der Waals surface area contributed by atoms with E-state index in [-0.39, 0.29) is 28.0 Å². The maximum Gasteiger partial charge on any atom is 0.286 e. The average molecular weight is 498 g/mol. The first-order chi connectivity index (χ1) is 16.6. The third-order valence-electron chi connectivity index (χ3n) is 6.42. The van der Waals surface area contributed by atoms with Gasteiger partial charge in [0.1, 0.15) is 22.4 Å². The van der Waals surface area contributed by atoms with Crippen molar-refractivity contribution in [2.75, 3.05) is 11.9 Å². The van der Waals surface area contributed by atoms with E-state index in [9.17, 15) is 22.8 Å². The number of benzene rings is 2. The minimum atomic E-state index is -4.26. The summed E-state index contributed by atoms with van der Waals surface area (Å²) < 4.78 is 35.2. The fourth-order valence-corrected chi connectivity index (χ4v) is 6.24. The van der Waals surface area contributed by atoms with Crippen LogP contribution in [-0.2, 0) is 25.0 Å². The standard InChI is InChI=1S/C25H27N3O6S/c1-3-11-25(12-4-2)17-8-6-5-7-16(17)22(30)21(23(25)31)24-27-18-10-9-15(34-14-20(26)29)13-19(18)35(32,33)28-24/h5-10,13,21H,3-4,11-12,14H2,1-2H3,(H2,26,29)(H,27,28). The van der Waals surface area contributed by atoms with E-state index >= 15 is 0 Å². The van der Waals surface area contributed by atoms with Crippen LogP contribution in [0.15, 0.2) is 51.8 Å². The summed E-state index contributed by atoms with van der Waals surface area (Å²) in [5.41, 5.74) is 5.46. The zero-order valence-electron chi connectivity index (χ0n) is 19.5. The van der Waals surface area contributed by atoms with Crippen LogP contribution in [0.4, 0.5) is 5.69 Å². The molecule has 0 aromatic heterocycles. The third-order valence-corrected chi connectivity index (χ3v) is 7.76. The maximum atomic E-state index is 14.0. The Balaban J connectivity index is 1.80. The number of Topliss-reactive ketones (excluding diaryl/α,β-unsaturated/α-hetero) is 2. The molecule has 184 valence electrons. The number of amides is 1. The predicted octanol–water partition coefficient (Wildman–Crippen LogP) is 2.98. The number of sulfonamides is 1. The number of hydrogen-bond acceptors (Lipinski definition) is 7. The number of hydrogen-bond donors (Lipinski definition) is 2. The smallest absolute Gasteiger partial charge is 0.286 e. The number of nitrogens with two attached hydrogens (primary N) is 1. The summed E-state index contributed by atoms with van der Waals surface area (Å²) in [5, 5.41) is 2.91. The number of amidine groups is 1. The van der Waals surface area contributed by atoms with E-state index in [4.69, 9.17) is 10.5 Å². The highest BCUT2D eigenvalue weighted by molar-refractivity contribution is 7.90. The molecule has 1 atom stereocenters. The van der Waals surface area contributed by atoms with Crippen molar-refractivity contribution in [1.82, 2.24) is 0 Å². The second kappa shape index (κ2) is 9.26. The van der Waals surface area contributed by atoms with Crippen LogP contribution in [0.1, 0.15) is 55.5 Å². The number of nitrogens with zero attached hydrogens (tertiary/aromatic N) is 1. The number of carbonyl (C=O) groups is 3. The van der Waals surface area contributed by atoms with Gasteiger partial charge in [-0.05, 0) is 30.5 Å². The Hall–Kier alpha value is -3.53. The van der Waals surface area contributed by atoms with Gasteiger partial charge in [-0.25, -0.2) is 0 Å². The highest BCUT2D eigenvalue weighted by Crippen LogP contribution is 2.45. The van der Waals surface area contributed by atoms with Gasteiger partial charge in [-0.3, -0.25) is 14.4 Å². The van der Waals surface area contributed by atoms with Crippen LogP contribution >= 0.6 is 0 Å². The van der Waals surface area contributed by atoms with Crippen molar-refractivity contribution in [2.45, 2.75) is 49.8 Å². The molecule has 3 N–H and O–H groups in total. The number of rotatable bonds is 8. The van der Waals surface area contributed by atoms with Crippen LogP contribution in [0.25, 0.3) is 0 Å². The fraction of sp³-hybridized carbons (Fsp3) is 0.360. The van der Waals surface area contributed by atoms with Gasteiger partial charge in [-0.15, -0.1) is 4.40 Å². The van der Waals surface area contributed by atoms with Gasteiger partial charge in [0.05, 0.1) is 11.1 Å². The van der Waals surface area contributed by atoms with Crippen LogP contribution < -0.4 is 15.8 Å². The maximum absolute atomic E-state index is 14.0. The number of nitrogens with one attached hydrogen (secondary N) is 1. The highest BCUT2D eigenvalue weighted by Gasteiger charge is 2.53. The molecule has 0 spiro atoms. The van der Waals surface area contributed by atoms with Gasteiger partial charge in [0.15, 0.2) is 18.2 Å². The molecule has 1 heterocycles. The Morgan fingerprint density at radius 3 is 2.46 bits per heavy atom. The van der Waals surface area contributed by atoms with Crippen LogP contribution in [-0.4, -0.2) is 38.3 Å². The monoisotopic (exact) mass is 497 g/mol. The van der Waals surface area contributed by atoms with E-state index in [1.807, 2.05) is 26.0 Å².